The smallest absolute Gasteiger partial charge is 0.257 e. The topological polar surface area (TPSA) is 96.1 Å². The molecule has 140 valence electrons. The van der Waals surface area contributed by atoms with Crippen LogP contribution in [0.15, 0.2) is 48.5 Å². The van der Waals surface area contributed by atoms with Gasteiger partial charge in [0.05, 0.1) is 11.0 Å². The van der Waals surface area contributed by atoms with Crippen molar-refractivity contribution in [1.29, 1.82) is 0 Å². The molecule has 0 saturated carbocycles. The highest BCUT2D eigenvalue weighted by molar-refractivity contribution is 5.90. The van der Waals surface area contributed by atoms with Gasteiger partial charge >= 0.3 is 0 Å². The van der Waals surface area contributed by atoms with Crippen LogP contribution in [0, 0.1) is 0 Å². The Bertz CT molecular complexity index is 885. The number of aromatic nitrogens is 2. The summed E-state index contributed by atoms with van der Waals surface area (Å²) in [6, 6.07) is 14.7. The van der Waals surface area contributed by atoms with Crippen molar-refractivity contribution in [1.82, 2.24) is 15.3 Å². The lowest BCUT2D eigenvalue weighted by Crippen LogP contribution is -2.28. The molecule has 3 aromatic rings. The molecule has 0 radical (unpaired) electrons. The maximum absolute atomic E-state index is 12.1. The number of anilines is 1. The number of likely N-dealkylation sites (N-methyl/N-ethyl adjacent to an activating group) is 1. The highest BCUT2D eigenvalue weighted by Gasteiger charge is 2.07. The minimum atomic E-state index is -0.166. The van der Waals surface area contributed by atoms with E-state index in [1.807, 2.05) is 31.2 Å². The van der Waals surface area contributed by atoms with Gasteiger partial charge in [0.25, 0.3) is 5.91 Å². The van der Waals surface area contributed by atoms with Crippen molar-refractivity contribution in [2.75, 3.05) is 18.5 Å². The summed E-state index contributed by atoms with van der Waals surface area (Å²) < 4.78 is 5.38. The Hall–Kier alpha value is -3.35. The zero-order valence-corrected chi connectivity index (χ0v) is 15.1. The normalized spacial score (nSPS) is 10.6. The number of imidazole rings is 1. The lowest BCUT2D eigenvalue weighted by Gasteiger charge is -2.08. The molecule has 27 heavy (non-hydrogen) atoms. The van der Waals surface area contributed by atoms with Crippen LogP contribution in [0.5, 0.6) is 5.75 Å². The van der Waals surface area contributed by atoms with E-state index < -0.39 is 0 Å². The molecule has 1 aromatic heterocycles. The van der Waals surface area contributed by atoms with Crippen LogP contribution in [-0.4, -0.2) is 34.9 Å². The third kappa shape index (κ3) is 5.31. The number of H-pyrrole nitrogens is 1. The number of hydrogen-bond acceptors (Lipinski definition) is 4. The van der Waals surface area contributed by atoms with Gasteiger partial charge in [-0.2, -0.15) is 0 Å². The molecule has 2 amide bonds. The first-order valence-electron chi connectivity index (χ1n) is 8.87. The van der Waals surface area contributed by atoms with Crippen LogP contribution in [0.25, 0.3) is 11.0 Å². The van der Waals surface area contributed by atoms with Crippen molar-refractivity contribution in [3.05, 3.63) is 54.4 Å². The molecule has 0 unspecified atom stereocenters. The van der Waals surface area contributed by atoms with E-state index in [0.29, 0.717) is 30.8 Å². The minimum absolute atomic E-state index is 0.0307. The minimum Gasteiger partial charge on any atom is -0.484 e. The fourth-order valence-electron chi connectivity index (χ4n) is 2.61. The Balaban J connectivity index is 1.46. The predicted molar refractivity (Wildman–Crippen MR) is 104 cm³/mol. The largest absolute Gasteiger partial charge is 0.484 e. The van der Waals surface area contributed by atoms with E-state index in [1.165, 1.54) is 0 Å². The molecule has 0 fully saturated rings. The standard InChI is InChI=1S/C20H22N4O3/c1-2-21-20(26)13-27-15-9-7-14(8-10-15)22-19(25)12-11-18-23-16-5-3-4-6-17(16)24-18/h3-10H,2,11-13H2,1H3,(H,21,26)(H,22,25)(H,23,24). The summed E-state index contributed by atoms with van der Waals surface area (Å²) in [6.45, 7) is 2.39. The molecule has 3 rings (SSSR count). The number of hydrogen-bond donors (Lipinski definition) is 3. The number of carbonyl (C=O) groups excluding carboxylic acids is 2. The number of nitrogens with zero attached hydrogens (tertiary/aromatic N) is 1. The van der Waals surface area contributed by atoms with Crippen molar-refractivity contribution in [3.8, 4) is 5.75 Å². The zero-order chi connectivity index (χ0) is 19.1. The third-order valence-electron chi connectivity index (χ3n) is 3.91. The molecule has 0 atom stereocenters. The van der Waals surface area contributed by atoms with Gasteiger partial charge in [0.2, 0.25) is 5.91 Å². The van der Waals surface area contributed by atoms with Gasteiger partial charge in [0, 0.05) is 25.1 Å². The SMILES string of the molecule is CCNC(=O)COc1ccc(NC(=O)CCc2nc3ccccc3[nH]2)cc1. The quantitative estimate of drug-likeness (QED) is 0.571. The van der Waals surface area contributed by atoms with Crippen molar-refractivity contribution in [2.24, 2.45) is 0 Å². The lowest BCUT2D eigenvalue weighted by atomic mass is 10.2. The van der Waals surface area contributed by atoms with Gasteiger partial charge in [0.1, 0.15) is 11.6 Å². The molecule has 2 aromatic carbocycles. The van der Waals surface area contributed by atoms with Gasteiger partial charge in [0.15, 0.2) is 6.61 Å². The molecule has 1 heterocycles. The number of nitrogens with one attached hydrogen (secondary N) is 3. The Kier molecular flexibility index (Phi) is 6.04. The Morgan fingerprint density at radius 3 is 2.59 bits per heavy atom. The molecule has 3 N–H and O–H groups in total. The number of aryl methyl sites for hydroxylation is 1. The van der Waals surface area contributed by atoms with Crippen LogP contribution >= 0.6 is 0 Å². The fraction of sp³-hybridized carbons (Fsp3) is 0.250. The van der Waals surface area contributed by atoms with E-state index in [9.17, 15) is 9.59 Å². The second-order valence-corrected chi connectivity index (χ2v) is 6.02. The maximum atomic E-state index is 12.1. The van der Waals surface area contributed by atoms with Crippen LogP contribution < -0.4 is 15.4 Å². The number of amides is 2. The average Bonchev–Trinajstić information content (AvgIpc) is 3.09. The number of carbonyl (C=O) groups is 2. The molecule has 0 aliphatic carbocycles. The number of fused-ring (bicyclic) bond motifs is 1. The number of para-hydroxylation sites is 2. The summed E-state index contributed by atoms with van der Waals surface area (Å²) in [6.07, 6.45) is 0.865. The summed E-state index contributed by atoms with van der Waals surface area (Å²) >= 11 is 0. The maximum Gasteiger partial charge on any atom is 0.257 e. The summed E-state index contributed by atoms with van der Waals surface area (Å²) in [5.74, 6) is 1.11. The molecule has 0 saturated heterocycles. The van der Waals surface area contributed by atoms with Crippen LogP contribution in [0.1, 0.15) is 19.2 Å². The van der Waals surface area contributed by atoms with E-state index in [1.54, 1.807) is 24.3 Å². The zero-order valence-electron chi connectivity index (χ0n) is 15.1. The van der Waals surface area contributed by atoms with Gasteiger partial charge in [-0.1, -0.05) is 12.1 Å². The molecule has 0 spiro atoms. The van der Waals surface area contributed by atoms with Crippen LogP contribution in [-0.2, 0) is 16.0 Å². The molecule has 0 aliphatic heterocycles. The molecular formula is C20H22N4O3. The van der Waals surface area contributed by atoms with Crippen molar-refractivity contribution < 1.29 is 14.3 Å². The van der Waals surface area contributed by atoms with Gasteiger partial charge in [-0.25, -0.2) is 4.98 Å². The van der Waals surface area contributed by atoms with Crippen LogP contribution in [0.4, 0.5) is 5.69 Å². The van der Waals surface area contributed by atoms with Crippen molar-refractivity contribution in [3.63, 3.8) is 0 Å². The summed E-state index contributed by atoms with van der Waals surface area (Å²) in [4.78, 5) is 31.2. The second-order valence-electron chi connectivity index (χ2n) is 6.02. The van der Waals surface area contributed by atoms with Crippen LogP contribution in [0.3, 0.4) is 0 Å². The third-order valence-corrected chi connectivity index (χ3v) is 3.91. The van der Waals surface area contributed by atoms with Crippen molar-refractivity contribution >= 4 is 28.5 Å². The Morgan fingerprint density at radius 1 is 1.07 bits per heavy atom. The van der Waals surface area contributed by atoms with Crippen LogP contribution in [0.2, 0.25) is 0 Å². The van der Waals surface area contributed by atoms with Gasteiger partial charge in [-0.05, 0) is 43.3 Å². The molecule has 7 nitrogen and oxygen atoms in total. The fourth-order valence-corrected chi connectivity index (χ4v) is 2.61. The molecular weight excluding hydrogens is 344 g/mol. The second kappa shape index (κ2) is 8.84. The molecule has 0 bridgehead atoms. The van der Waals surface area contributed by atoms with E-state index in [4.69, 9.17) is 4.74 Å². The number of ether oxygens (including phenoxy) is 1. The number of rotatable bonds is 8. The summed E-state index contributed by atoms with van der Waals surface area (Å²) in [5, 5.41) is 5.50. The number of benzene rings is 2. The van der Waals surface area contributed by atoms with E-state index in [0.717, 1.165) is 16.9 Å². The highest BCUT2D eigenvalue weighted by Crippen LogP contribution is 2.16. The highest BCUT2D eigenvalue weighted by atomic mass is 16.5. The van der Waals surface area contributed by atoms with Gasteiger partial charge in [-0.15, -0.1) is 0 Å². The summed E-state index contributed by atoms with van der Waals surface area (Å²) in [7, 11) is 0. The first kappa shape index (κ1) is 18.4. The summed E-state index contributed by atoms with van der Waals surface area (Å²) in [5.41, 5.74) is 2.54. The first-order chi connectivity index (χ1) is 13.1. The van der Waals surface area contributed by atoms with E-state index in [-0.39, 0.29) is 18.4 Å². The monoisotopic (exact) mass is 366 g/mol. The predicted octanol–water partition coefficient (Wildman–Crippen LogP) is 2.65. The average molecular weight is 366 g/mol. The Morgan fingerprint density at radius 2 is 1.85 bits per heavy atom. The first-order valence-corrected chi connectivity index (χ1v) is 8.87. The molecule has 0 aliphatic rings. The van der Waals surface area contributed by atoms with Gasteiger partial charge in [-0.3, -0.25) is 9.59 Å². The lowest BCUT2D eigenvalue weighted by molar-refractivity contribution is -0.123. The molecule has 7 heteroatoms. The van der Waals surface area contributed by atoms with Crippen molar-refractivity contribution in [2.45, 2.75) is 19.8 Å². The van der Waals surface area contributed by atoms with E-state index in [2.05, 4.69) is 20.6 Å². The Labute approximate surface area is 157 Å². The van der Waals surface area contributed by atoms with Gasteiger partial charge < -0.3 is 20.4 Å². The number of aromatic amines is 1. The van der Waals surface area contributed by atoms with E-state index >= 15 is 0 Å².